The molecule has 27 heavy (non-hydrogen) atoms. The van der Waals surface area contributed by atoms with Gasteiger partial charge in [0.2, 0.25) is 0 Å². The summed E-state index contributed by atoms with van der Waals surface area (Å²) in [5, 5.41) is 11.9. The summed E-state index contributed by atoms with van der Waals surface area (Å²) >= 11 is 6.20. The summed E-state index contributed by atoms with van der Waals surface area (Å²) in [7, 11) is -0.725. The van der Waals surface area contributed by atoms with E-state index in [-0.39, 0.29) is 16.5 Å². The molecule has 1 aromatic heterocycles. The van der Waals surface area contributed by atoms with Crippen LogP contribution in [0.4, 0.5) is 0 Å². The second kappa shape index (κ2) is 6.73. The van der Waals surface area contributed by atoms with Gasteiger partial charge in [0.25, 0.3) is 0 Å². The molecule has 3 rings (SSSR count). The van der Waals surface area contributed by atoms with Gasteiger partial charge in [-0.05, 0) is 42.1 Å². The van der Waals surface area contributed by atoms with E-state index in [1.165, 1.54) is 0 Å². The fourth-order valence-electron chi connectivity index (χ4n) is 3.94. The molecule has 1 N–H and O–H groups in total. The number of hydrogen-bond donors (Lipinski definition) is 1. The third kappa shape index (κ3) is 3.75. The van der Waals surface area contributed by atoms with E-state index >= 15 is 0 Å². The van der Waals surface area contributed by atoms with Crippen molar-refractivity contribution in [1.82, 2.24) is 9.55 Å². The molecule has 2 atom stereocenters. The van der Waals surface area contributed by atoms with Gasteiger partial charge in [-0.25, -0.2) is 4.98 Å². The van der Waals surface area contributed by atoms with Crippen LogP contribution < -0.4 is 0 Å². The van der Waals surface area contributed by atoms with Crippen LogP contribution in [0.15, 0.2) is 30.7 Å². The molecular weight excluding hydrogens is 376 g/mol. The van der Waals surface area contributed by atoms with E-state index in [4.69, 9.17) is 16.0 Å². The summed E-state index contributed by atoms with van der Waals surface area (Å²) < 4.78 is 8.62. The highest BCUT2D eigenvalue weighted by molar-refractivity contribution is 6.31. The van der Waals surface area contributed by atoms with Crippen LogP contribution in [-0.2, 0) is 10.0 Å². The molecule has 4 nitrogen and oxygen atoms in total. The molecule has 0 saturated carbocycles. The van der Waals surface area contributed by atoms with E-state index in [1.807, 2.05) is 30.7 Å². The van der Waals surface area contributed by atoms with E-state index in [0.29, 0.717) is 5.02 Å². The average Bonchev–Trinajstić information content (AvgIpc) is 3.09. The van der Waals surface area contributed by atoms with E-state index in [1.54, 1.807) is 0 Å². The Bertz CT molecular complexity index is 839. The van der Waals surface area contributed by atoms with Gasteiger partial charge in [-0.15, -0.1) is 0 Å². The van der Waals surface area contributed by atoms with Crippen LogP contribution in [0, 0.1) is 5.41 Å². The van der Waals surface area contributed by atoms with Crippen LogP contribution in [-0.4, -0.2) is 24.4 Å². The molecule has 1 heterocycles. The van der Waals surface area contributed by atoms with Gasteiger partial charge in [-0.1, -0.05) is 52.3 Å². The second-order valence-electron chi connectivity index (χ2n) is 9.95. The highest BCUT2D eigenvalue weighted by atomic mass is 35.5. The molecule has 148 valence electrons. The van der Waals surface area contributed by atoms with Gasteiger partial charge in [-0.3, -0.25) is 0 Å². The van der Waals surface area contributed by atoms with Crippen molar-refractivity contribution in [2.24, 2.45) is 5.41 Å². The van der Waals surface area contributed by atoms with E-state index < -0.39 is 21.5 Å². The highest BCUT2D eigenvalue weighted by Crippen LogP contribution is 2.55. The van der Waals surface area contributed by atoms with Crippen LogP contribution >= 0.6 is 11.6 Å². The van der Waals surface area contributed by atoms with Crippen LogP contribution in [0.5, 0.6) is 0 Å². The minimum atomic E-state index is -0.725. The smallest absolute Gasteiger partial charge is 0.168 e. The predicted octanol–water partition coefficient (Wildman–Crippen LogP) is 4.75. The summed E-state index contributed by atoms with van der Waals surface area (Å²) in [6.45, 7) is 15.1. The number of fused-ring (bicyclic) bond motifs is 1. The fourth-order valence-corrected chi connectivity index (χ4v) is 5.06. The van der Waals surface area contributed by atoms with E-state index in [9.17, 15) is 5.11 Å². The number of rotatable bonds is 4. The van der Waals surface area contributed by atoms with Gasteiger partial charge in [-0.2, -0.15) is 0 Å². The third-order valence-corrected chi connectivity index (χ3v) is 7.44. The maximum atomic E-state index is 11.0. The molecule has 0 bridgehead atoms. The van der Waals surface area contributed by atoms with Gasteiger partial charge in [0, 0.05) is 10.4 Å². The topological polar surface area (TPSA) is 47.3 Å². The monoisotopic (exact) mass is 406 g/mol. The Balaban J connectivity index is 2.05. The Hall–Kier alpha value is -1.14. The fraction of sp³-hybridized carbons (Fsp3) is 0.571. The van der Waals surface area contributed by atoms with Crippen molar-refractivity contribution < 1.29 is 9.53 Å². The molecule has 1 aliphatic carbocycles. The molecule has 1 aromatic carbocycles. The summed E-state index contributed by atoms with van der Waals surface area (Å²) in [5.41, 5.74) is 2.21. The van der Waals surface area contributed by atoms with E-state index in [2.05, 4.69) is 58.0 Å². The number of aliphatic hydroxyl groups excluding tert-OH is 1. The molecule has 2 unspecified atom stereocenters. The summed E-state index contributed by atoms with van der Waals surface area (Å²) in [5.74, 6) is 0. The average molecular weight is 407 g/mol. The molecule has 0 fully saturated rings. The number of aromatic nitrogens is 2. The van der Waals surface area contributed by atoms with Crippen LogP contribution in [0.2, 0.25) is 10.1 Å². The van der Waals surface area contributed by atoms with Crippen molar-refractivity contribution in [2.75, 3.05) is 0 Å². The zero-order chi connectivity index (χ0) is 20.2. The first kappa shape index (κ1) is 20.6. The van der Waals surface area contributed by atoms with Crippen molar-refractivity contribution in [3.05, 3.63) is 52.6 Å². The first-order chi connectivity index (χ1) is 12.3. The van der Waals surface area contributed by atoms with Crippen molar-refractivity contribution in [2.45, 2.75) is 71.3 Å². The minimum Gasteiger partial charge on any atom is -0.413 e. The summed E-state index contributed by atoms with van der Waals surface area (Å²) in [4.78, 5) is 4.45. The molecule has 1 aliphatic rings. The lowest BCUT2D eigenvalue weighted by molar-refractivity contribution is 0.0356. The van der Waals surface area contributed by atoms with Gasteiger partial charge in [0.05, 0.1) is 36.0 Å². The maximum Gasteiger partial charge on any atom is 0.168 e. The SMILES string of the molecule is CC(C)(C)[SiH2]OC(C)(C)c1cncn1C1c2ccc(Cl)cc2C(O)C1(C)C. The Morgan fingerprint density at radius 2 is 1.85 bits per heavy atom. The number of imidazole rings is 1. The van der Waals surface area contributed by atoms with Gasteiger partial charge in [0.1, 0.15) is 0 Å². The zero-order valence-electron chi connectivity index (χ0n) is 17.4. The van der Waals surface area contributed by atoms with Crippen molar-refractivity contribution in [1.29, 1.82) is 0 Å². The normalized spacial score (nSPS) is 22.6. The number of aliphatic hydroxyl groups is 1. The van der Waals surface area contributed by atoms with Crippen molar-refractivity contribution >= 4 is 21.4 Å². The quantitative estimate of drug-likeness (QED) is 0.745. The van der Waals surface area contributed by atoms with Crippen LogP contribution in [0.1, 0.15) is 77.4 Å². The Labute approximate surface area is 169 Å². The lowest BCUT2D eigenvalue weighted by Crippen LogP contribution is -2.34. The number of nitrogens with zero attached hydrogens (tertiary/aromatic N) is 2. The zero-order valence-corrected chi connectivity index (χ0v) is 19.5. The van der Waals surface area contributed by atoms with Crippen molar-refractivity contribution in [3.8, 4) is 0 Å². The number of halogens is 1. The Kier molecular flexibility index (Phi) is 5.13. The number of benzene rings is 1. The number of hydrogen-bond acceptors (Lipinski definition) is 3. The molecule has 0 saturated heterocycles. The maximum absolute atomic E-state index is 11.0. The molecule has 0 radical (unpaired) electrons. The van der Waals surface area contributed by atoms with Gasteiger partial charge >= 0.3 is 0 Å². The first-order valence-electron chi connectivity index (χ1n) is 9.48. The lowest BCUT2D eigenvalue weighted by atomic mass is 9.82. The van der Waals surface area contributed by atoms with E-state index in [0.717, 1.165) is 16.8 Å². The second-order valence-corrected chi connectivity index (χ2v) is 13.1. The van der Waals surface area contributed by atoms with Gasteiger partial charge in [0.15, 0.2) is 9.76 Å². The van der Waals surface area contributed by atoms with Crippen LogP contribution in [0.3, 0.4) is 0 Å². The van der Waals surface area contributed by atoms with Crippen molar-refractivity contribution in [3.63, 3.8) is 0 Å². The van der Waals surface area contributed by atoms with Crippen LogP contribution in [0.25, 0.3) is 0 Å². The molecule has 0 spiro atoms. The first-order valence-corrected chi connectivity index (χ1v) is 11.1. The largest absolute Gasteiger partial charge is 0.413 e. The highest BCUT2D eigenvalue weighted by Gasteiger charge is 2.48. The molecule has 0 aliphatic heterocycles. The third-order valence-electron chi connectivity index (χ3n) is 5.47. The molecule has 6 heteroatoms. The predicted molar refractivity (Wildman–Crippen MR) is 113 cm³/mol. The standard InChI is InChI=1S/C21H31ClN2O2Si/c1-19(2,3)27-26-21(6,7)16-11-23-12-24(16)17-14-9-8-13(22)10-15(14)18(25)20(17,4)5/h8-12,17-18,25H,27H2,1-7H3. The molecule has 0 amide bonds. The Morgan fingerprint density at radius 1 is 1.19 bits per heavy atom. The molecular formula is C21H31ClN2O2Si. The lowest BCUT2D eigenvalue weighted by Gasteiger charge is -2.36. The molecule has 2 aromatic rings. The summed E-state index contributed by atoms with van der Waals surface area (Å²) in [6.07, 6.45) is 3.18. The van der Waals surface area contributed by atoms with Gasteiger partial charge < -0.3 is 14.1 Å². The summed E-state index contributed by atoms with van der Waals surface area (Å²) in [6, 6.07) is 5.78. The minimum absolute atomic E-state index is 0.0311. The Morgan fingerprint density at radius 3 is 2.48 bits per heavy atom.